The fraction of sp³-hybridized carbons (Fsp3) is 0.647. The molecule has 0 aromatic carbocycles. The molecule has 0 aliphatic heterocycles. The molecule has 122 valence electrons. The fourth-order valence-electron chi connectivity index (χ4n) is 2.55. The lowest BCUT2D eigenvalue weighted by Crippen LogP contribution is -2.28. The number of ether oxygens (including phenoxy) is 1. The largest absolute Gasteiger partial charge is 0.462 e. The zero-order valence-corrected chi connectivity index (χ0v) is 14.9. The molecular formula is C17H25NO3S. The maximum Gasteiger partial charge on any atom is 0.341 e. The van der Waals surface area contributed by atoms with Crippen molar-refractivity contribution in [2.24, 2.45) is 11.3 Å². The van der Waals surface area contributed by atoms with E-state index in [2.05, 4.69) is 12.2 Å². The van der Waals surface area contributed by atoms with Gasteiger partial charge in [-0.05, 0) is 37.7 Å². The van der Waals surface area contributed by atoms with Gasteiger partial charge in [0.25, 0.3) is 0 Å². The van der Waals surface area contributed by atoms with Gasteiger partial charge in [-0.1, -0.05) is 27.7 Å². The summed E-state index contributed by atoms with van der Waals surface area (Å²) in [7, 11) is 0. The molecule has 5 heteroatoms. The van der Waals surface area contributed by atoms with Crippen LogP contribution < -0.4 is 5.32 Å². The van der Waals surface area contributed by atoms with Crippen LogP contribution in [0, 0.1) is 11.3 Å². The molecule has 1 heterocycles. The van der Waals surface area contributed by atoms with Gasteiger partial charge in [-0.15, -0.1) is 11.3 Å². The summed E-state index contributed by atoms with van der Waals surface area (Å²) in [6, 6.07) is 0. The van der Waals surface area contributed by atoms with Crippen LogP contribution in [0.4, 0.5) is 5.00 Å². The minimum atomic E-state index is -0.496. The number of hydrogen-bond donors (Lipinski definition) is 1. The number of carbonyl (C=O) groups excluding carboxylic acids is 2. The predicted octanol–water partition coefficient (Wildman–Crippen LogP) is 4.03. The van der Waals surface area contributed by atoms with Gasteiger partial charge in [-0.3, -0.25) is 4.79 Å². The van der Waals surface area contributed by atoms with Gasteiger partial charge < -0.3 is 10.1 Å². The second-order valence-electron chi connectivity index (χ2n) is 6.98. The van der Waals surface area contributed by atoms with Crippen LogP contribution in [0.15, 0.2) is 0 Å². The molecule has 2 rings (SSSR count). The zero-order valence-electron chi connectivity index (χ0n) is 14.0. The minimum Gasteiger partial charge on any atom is -0.462 e. The van der Waals surface area contributed by atoms with Crippen molar-refractivity contribution in [1.29, 1.82) is 0 Å². The van der Waals surface area contributed by atoms with Crippen molar-refractivity contribution in [2.45, 2.75) is 53.9 Å². The summed E-state index contributed by atoms with van der Waals surface area (Å²) in [5.41, 5.74) is 1.15. The van der Waals surface area contributed by atoms with Crippen LogP contribution in [-0.2, 0) is 22.4 Å². The molecule has 1 atom stereocenters. The van der Waals surface area contributed by atoms with E-state index in [-0.39, 0.29) is 11.9 Å². The van der Waals surface area contributed by atoms with E-state index in [4.69, 9.17) is 4.74 Å². The molecule has 4 nitrogen and oxygen atoms in total. The standard InChI is InChI=1S/C17H25NO3S/c1-6-21-15(19)13-11-8-7-10(2)9-12(11)22-14(13)18-16(20)17(3,4)5/h10H,6-9H2,1-5H3,(H,18,20). The van der Waals surface area contributed by atoms with E-state index < -0.39 is 5.41 Å². The summed E-state index contributed by atoms with van der Waals surface area (Å²) in [5.74, 6) is 0.218. The maximum absolute atomic E-state index is 12.3. The van der Waals surface area contributed by atoms with Crippen molar-refractivity contribution in [2.75, 3.05) is 11.9 Å². The summed E-state index contributed by atoms with van der Waals surface area (Å²) < 4.78 is 5.20. The summed E-state index contributed by atoms with van der Waals surface area (Å²) in [5, 5.41) is 3.59. The molecule has 0 saturated heterocycles. The first-order valence-corrected chi connectivity index (χ1v) is 8.68. The molecule has 1 aliphatic rings. The molecule has 0 bridgehead atoms. The third kappa shape index (κ3) is 3.51. The normalized spacial score (nSPS) is 17.8. The average Bonchev–Trinajstić information content (AvgIpc) is 2.74. The Hall–Kier alpha value is -1.36. The number of anilines is 1. The highest BCUT2D eigenvalue weighted by Crippen LogP contribution is 2.40. The van der Waals surface area contributed by atoms with E-state index >= 15 is 0 Å². The molecule has 1 amide bonds. The molecule has 1 unspecified atom stereocenters. The summed E-state index contributed by atoms with van der Waals surface area (Å²) in [6.45, 7) is 9.95. The van der Waals surface area contributed by atoms with Crippen molar-refractivity contribution >= 4 is 28.2 Å². The lowest BCUT2D eigenvalue weighted by Gasteiger charge is -2.19. The van der Waals surface area contributed by atoms with Gasteiger partial charge in [0.2, 0.25) is 5.91 Å². The Bertz CT molecular complexity index is 583. The van der Waals surface area contributed by atoms with Crippen molar-refractivity contribution in [1.82, 2.24) is 0 Å². The predicted molar refractivity (Wildman–Crippen MR) is 89.5 cm³/mol. The summed E-state index contributed by atoms with van der Waals surface area (Å²) >= 11 is 1.53. The molecular weight excluding hydrogens is 298 g/mol. The van der Waals surface area contributed by atoms with E-state index in [9.17, 15) is 9.59 Å². The van der Waals surface area contributed by atoms with Crippen LogP contribution in [0.1, 0.15) is 61.8 Å². The lowest BCUT2D eigenvalue weighted by molar-refractivity contribution is -0.123. The Kier molecular flexibility index (Phi) is 4.95. The first-order chi connectivity index (χ1) is 10.2. The molecule has 1 aliphatic carbocycles. The van der Waals surface area contributed by atoms with Gasteiger partial charge in [0.05, 0.1) is 12.2 Å². The smallest absolute Gasteiger partial charge is 0.341 e. The van der Waals surface area contributed by atoms with Crippen LogP contribution in [0.2, 0.25) is 0 Å². The third-order valence-electron chi connectivity index (χ3n) is 3.90. The van der Waals surface area contributed by atoms with Crippen molar-refractivity contribution in [3.05, 3.63) is 16.0 Å². The minimum absolute atomic E-state index is 0.0790. The number of carbonyl (C=O) groups is 2. The second kappa shape index (κ2) is 6.41. The summed E-state index contributed by atoms with van der Waals surface area (Å²) in [4.78, 5) is 25.8. The van der Waals surface area contributed by atoms with E-state index in [0.29, 0.717) is 23.1 Å². The number of nitrogens with one attached hydrogen (secondary N) is 1. The Labute approximate surface area is 136 Å². The molecule has 22 heavy (non-hydrogen) atoms. The van der Waals surface area contributed by atoms with Gasteiger partial charge in [-0.2, -0.15) is 0 Å². The third-order valence-corrected chi connectivity index (χ3v) is 5.07. The van der Waals surface area contributed by atoms with E-state index in [0.717, 1.165) is 24.8 Å². The quantitative estimate of drug-likeness (QED) is 0.854. The van der Waals surface area contributed by atoms with Crippen molar-refractivity contribution < 1.29 is 14.3 Å². The number of rotatable bonds is 3. The average molecular weight is 323 g/mol. The molecule has 1 N–H and O–H groups in total. The van der Waals surface area contributed by atoms with E-state index in [1.165, 1.54) is 16.2 Å². The Morgan fingerprint density at radius 1 is 1.36 bits per heavy atom. The van der Waals surface area contributed by atoms with Crippen LogP contribution >= 0.6 is 11.3 Å². The van der Waals surface area contributed by atoms with E-state index in [1.54, 1.807) is 6.92 Å². The molecule has 0 saturated carbocycles. The van der Waals surface area contributed by atoms with Gasteiger partial charge in [0, 0.05) is 10.3 Å². The highest BCUT2D eigenvalue weighted by Gasteiger charge is 2.31. The fourth-order valence-corrected chi connectivity index (χ4v) is 3.94. The van der Waals surface area contributed by atoms with Crippen molar-refractivity contribution in [3.63, 3.8) is 0 Å². The Balaban J connectivity index is 2.39. The van der Waals surface area contributed by atoms with E-state index in [1.807, 2.05) is 20.8 Å². The Morgan fingerprint density at radius 2 is 2.05 bits per heavy atom. The molecule has 0 spiro atoms. The number of fused-ring (bicyclic) bond motifs is 1. The number of esters is 1. The highest BCUT2D eigenvalue weighted by molar-refractivity contribution is 7.17. The van der Waals surface area contributed by atoms with Crippen LogP contribution in [0.3, 0.4) is 0 Å². The van der Waals surface area contributed by atoms with Gasteiger partial charge in [-0.25, -0.2) is 4.79 Å². The molecule has 1 aromatic rings. The number of thiophene rings is 1. The molecule has 0 fully saturated rings. The van der Waals surface area contributed by atoms with Crippen LogP contribution in [0.25, 0.3) is 0 Å². The molecule has 1 aromatic heterocycles. The van der Waals surface area contributed by atoms with Crippen molar-refractivity contribution in [3.8, 4) is 0 Å². The first kappa shape index (κ1) is 17.0. The second-order valence-corrected chi connectivity index (χ2v) is 8.09. The lowest BCUT2D eigenvalue weighted by atomic mass is 9.88. The van der Waals surface area contributed by atoms with Crippen LogP contribution in [0.5, 0.6) is 0 Å². The number of hydrogen-bond acceptors (Lipinski definition) is 4. The van der Waals surface area contributed by atoms with Gasteiger partial charge in [0.1, 0.15) is 5.00 Å². The zero-order chi connectivity index (χ0) is 16.5. The Morgan fingerprint density at radius 3 is 2.64 bits per heavy atom. The monoisotopic (exact) mass is 323 g/mol. The van der Waals surface area contributed by atoms with Gasteiger partial charge in [0.15, 0.2) is 0 Å². The SMILES string of the molecule is CCOC(=O)c1c(NC(=O)C(C)(C)C)sc2c1CCC(C)C2. The molecule has 0 radical (unpaired) electrons. The number of amides is 1. The maximum atomic E-state index is 12.3. The van der Waals surface area contributed by atoms with Crippen LogP contribution in [-0.4, -0.2) is 18.5 Å². The van der Waals surface area contributed by atoms with Gasteiger partial charge >= 0.3 is 5.97 Å². The summed E-state index contributed by atoms with van der Waals surface area (Å²) in [6.07, 6.45) is 2.92. The first-order valence-electron chi connectivity index (χ1n) is 7.87. The topological polar surface area (TPSA) is 55.4 Å². The highest BCUT2D eigenvalue weighted by atomic mass is 32.1.